The van der Waals surface area contributed by atoms with E-state index in [1.165, 1.54) is 18.6 Å². The van der Waals surface area contributed by atoms with Crippen molar-refractivity contribution in [3.63, 3.8) is 0 Å². The number of rotatable bonds is 6. The molecule has 1 amide bonds. The molecule has 0 spiro atoms. The van der Waals surface area contributed by atoms with E-state index in [0.717, 1.165) is 40.6 Å². The predicted octanol–water partition coefficient (Wildman–Crippen LogP) is 4.55. The maximum atomic E-state index is 12.4. The Kier molecular flexibility index (Phi) is 5.54. The van der Waals surface area contributed by atoms with Crippen molar-refractivity contribution in [2.45, 2.75) is 44.3 Å². The summed E-state index contributed by atoms with van der Waals surface area (Å²) in [5.41, 5.74) is 2.85. The average Bonchev–Trinajstić information content (AvgIpc) is 3.17. The molecule has 0 radical (unpaired) electrons. The molecule has 1 fully saturated rings. The second kappa shape index (κ2) is 7.62. The SMILES string of the molecule is Cc1nc2ccc(N(C)C(=O)CCCCC3CCSS3)cc2[nH]1. The molecule has 1 N–H and O–H groups in total. The van der Waals surface area contributed by atoms with Gasteiger partial charge in [0.15, 0.2) is 0 Å². The molecule has 1 aliphatic rings. The first-order valence-corrected chi connectivity index (χ1v) is 10.5. The second-order valence-corrected chi connectivity index (χ2v) is 8.84. The lowest BCUT2D eigenvalue weighted by Gasteiger charge is -2.17. The summed E-state index contributed by atoms with van der Waals surface area (Å²) in [7, 11) is 5.86. The number of unbranched alkanes of at least 4 members (excludes halogenated alkanes) is 1. The second-order valence-electron chi connectivity index (χ2n) is 6.05. The third kappa shape index (κ3) is 4.23. The van der Waals surface area contributed by atoms with Crippen LogP contribution in [0.2, 0.25) is 0 Å². The third-order valence-electron chi connectivity index (χ3n) is 4.24. The zero-order valence-electron chi connectivity index (χ0n) is 13.7. The van der Waals surface area contributed by atoms with Crippen LogP contribution in [0.1, 0.15) is 37.9 Å². The summed E-state index contributed by atoms with van der Waals surface area (Å²) in [5, 5.41) is 0.804. The molecule has 0 aliphatic carbocycles. The van der Waals surface area contributed by atoms with Crippen LogP contribution < -0.4 is 4.90 Å². The number of nitrogens with one attached hydrogen (secondary N) is 1. The van der Waals surface area contributed by atoms with E-state index in [9.17, 15) is 4.79 Å². The summed E-state index contributed by atoms with van der Waals surface area (Å²) in [6.07, 6.45) is 5.33. The smallest absolute Gasteiger partial charge is 0.226 e. The van der Waals surface area contributed by atoms with E-state index in [1.54, 1.807) is 4.90 Å². The van der Waals surface area contributed by atoms with Crippen LogP contribution >= 0.6 is 21.6 Å². The lowest BCUT2D eigenvalue weighted by Crippen LogP contribution is -2.25. The number of nitrogens with zero attached hydrogens (tertiary/aromatic N) is 2. The molecule has 2 heterocycles. The molecule has 2 aromatic rings. The van der Waals surface area contributed by atoms with Gasteiger partial charge in [0, 0.05) is 30.2 Å². The minimum absolute atomic E-state index is 0.189. The number of benzene rings is 1. The van der Waals surface area contributed by atoms with E-state index in [0.29, 0.717) is 6.42 Å². The number of fused-ring (bicyclic) bond motifs is 1. The number of aromatic amines is 1. The van der Waals surface area contributed by atoms with Crippen LogP contribution in [0.15, 0.2) is 18.2 Å². The van der Waals surface area contributed by atoms with Crippen LogP contribution in [-0.2, 0) is 4.79 Å². The molecule has 23 heavy (non-hydrogen) atoms. The van der Waals surface area contributed by atoms with Gasteiger partial charge in [0.1, 0.15) is 5.82 Å². The molecule has 1 aromatic heterocycles. The summed E-state index contributed by atoms with van der Waals surface area (Å²) < 4.78 is 0. The Balaban J connectivity index is 1.51. The molecule has 1 saturated heterocycles. The van der Waals surface area contributed by atoms with Gasteiger partial charge in [0.2, 0.25) is 5.91 Å². The minimum Gasteiger partial charge on any atom is -0.342 e. The highest BCUT2D eigenvalue weighted by atomic mass is 33.1. The van der Waals surface area contributed by atoms with Crippen molar-refractivity contribution >= 4 is 44.2 Å². The molecule has 4 nitrogen and oxygen atoms in total. The first-order valence-electron chi connectivity index (χ1n) is 8.14. The normalized spacial score (nSPS) is 17.7. The molecule has 1 aromatic carbocycles. The van der Waals surface area contributed by atoms with Crippen LogP contribution in [0.3, 0.4) is 0 Å². The van der Waals surface area contributed by atoms with Gasteiger partial charge in [-0.25, -0.2) is 4.98 Å². The molecule has 0 bridgehead atoms. The van der Waals surface area contributed by atoms with Gasteiger partial charge in [-0.2, -0.15) is 0 Å². The van der Waals surface area contributed by atoms with Gasteiger partial charge in [-0.1, -0.05) is 28.0 Å². The van der Waals surface area contributed by atoms with E-state index >= 15 is 0 Å². The van der Waals surface area contributed by atoms with Crippen LogP contribution in [0, 0.1) is 6.92 Å². The summed E-state index contributed by atoms with van der Waals surface area (Å²) >= 11 is 0. The fraction of sp³-hybridized carbons (Fsp3) is 0.529. The molecule has 3 rings (SSSR count). The Hall–Kier alpha value is -1.14. The maximum absolute atomic E-state index is 12.4. The van der Waals surface area contributed by atoms with Crippen molar-refractivity contribution in [1.29, 1.82) is 0 Å². The monoisotopic (exact) mass is 349 g/mol. The zero-order valence-corrected chi connectivity index (χ0v) is 15.3. The largest absolute Gasteiger partial charge is 0.342 e. The third-order valence-corrected chi connectivity index (χ3v) is 7.25. The maximum Gasteiger partial charge on any atom is 0.226 e. The molecule has 124 valence electrons. The molecule has 6 heteroatoms. The van der Waals surface area contributed by atoms with Gasteiger partial charge in [-0.3, -0.25) is 4.79 Å². The number of anilines is 1. The topological polar surface area (TPSA) is 49.0 Å². The van der Waals surface area contributed by atoms with Gasteiger partial charge in [-0.05, 0) is 44.4 Å². The Morgan fingerprint density at radius 3 is 3.09 bits per heavy atom. The Bertz CT molecular complexity index is 680. The number of H-pyrrole nitrogens is 1. The van der Waals surface area contributed by atoms with Crippen molar-refractivity contribution in [3.05, 3.63) is 24.0 Å². The standard InChI is InChI=1S/C17H23N3OS2/c1-12-18-15-8-7-13(11-16(15)19-12)20(2)17(21)6-4-3-5-14-9-10-22-23-14/h7-8,11,14H,3-6,9-10H2,1-2H3,(H,18,19). The highest BCUT2D eigenvalue weighted by molar-refractivity contribution is 8.77. The van der Waals surface area contributed by atoms with Gasteiger partial charge in [0.05, 0.1) is 11.0 Å². The highest BCUT2D eigenvalue weighted by Crippen LogP contribution is 2.39. The fourth-order valence-electron chi connectivity index (χ4n) is 2.86. The number of aromatic nitrogens is 2. The summed E-state index contributed by atoms with van der Waals surface area (Å²) in [6.45, 7) is 1.94. The first-order chi connectivity index (χ1) is 11.1. The van der Waals surface area contributed by atoms with E-state index < -0.39 is 0 Å². The van der Waals surface area contributed by atoms with Crippen molar-refractivity contribution in [2.24, 2.45) is 0 Å². The van der Waals surface area contributed by atoms with Crippen LogP contribution in [0.5, 0.6) is 0 Å². The molecule has 1 atom stereocenters. The van der Waals surface area contributed by atoms with E-state index in [2.05, 4.69) is 9.97 Å². The van der Waals surface area contributed by atoms with E-state index in [1.807, 2.05) is 53.8 Å². The Morgan fingerprint density at radius 1 is 1.43 bits per heavy atom. The van der Waals surface area contributed by atoms with Gasteiger partial charge in [0.25, 0.3) is 0 Å². The van der Waals surface area contributed by atoms with Gasteiger partial charge >= 0.3 is 0 Å². The fourth-order valence-corrected chi connectivity index (χ4v) is 5.89. The average molecular weight is 350 g/mol. The minimum atomic E-state index is 0.189. The van der Waals surface area contributed by atoms with Gasteiger partial charge < -0.3 is 9.88 Å². The van der Waals surface area contributed by atoms with Crippen LogP contribution in [-0.4, -0.2) is 33.9 Å². The zero-order chi connectivity index (χ0) is 16.2. The van der Waals surface area contributed by atoms with Crippen LogP contribution in [0.4, 0.5) is 5.69 Å². The number of aryl methyl sites for hydroxylation is 1. The summed E-state index contributed by atoms with van der Waals surface area (Å²) in [6, 6.07) is 5.93. The van der Waals surface area contributed by atoms with Crippen LogP contribution in [0.25, 0.3) is 11.0 Å². The quantitative estimate of drug-likeness (QED) is 0.614. The summed E-state index contributed by atoms with van der Waals surface area (Å²) in [4.78, 5) is 21.7. The van der Waals surface area contributed by atoms with Crippen molar-refractivity contribution in [1.82, 2.24) is 9.97 Å². The number of hydrogen-bond donors (Lipinski definition) is 1. The number of imidazole rings is 1. The van der Waals surface area contributed by atoms with E-state index in [4.69, 9.17) is 0 Å². The number of carbonyl (C=O) groups excluding carboxylic acids is 1. The molecule has 1 aliphatic heterocycles. The Labute approximate surface area is 145 Å². The Morgan fingerprint density at radius 2 is 2.30 bits per heavy atom. The first kappa shape index (κ1) is 16.7. The molecular formula is C17H23N3OS2. The highest BCUT2D eigenvalue weighted by Gasteiger charge is 2.17. The van der Waals surface area contributed by atoms with Crippen molar-refractivity contribution in [3.8, 4) is 0 Å². The molecular weight excluding hydrogens is 326 g/mol. The van der Waals surface area contributed by atoms with E-state index in [-0.39, 0.29) is 5.91 Å². The number of amides is 1. The molecule has 1 unspecified atom stereocenters. The van der Waals surface area contributed by atoms with Crippen molar-refractivity contribution in [2.75, 3.05) is 17.7 Å². The van der Waals surface area contributed by atoms with Gasteiger partial charge in [-0.15, -0.1) is 0 Å². The number of hydrogen-bond acceptors (Lipinski definition) is 4. The lowest BCUT2D eigenvalue weighted by atomic mass is 10.1. The predicted molar refractivity (Wildman–Crippen MR) is 101 cm³/mol. The van der Waals surface area contributed by atoms with Crippen molar-refractivity contribution < 1.29 is 4.79 Å². The summed E-state index contributed by atoms with van der Waals surface area (Å²) in [5.74, 6) is 2.37. The lowest BCUT2D eigenvalue weighted by molar-refractivity contribution is -0.118. The number of carbonyl (C=O) groups is 1. The molecule has 0 saturated carbocycles.